The molecule has 0 N–H and O–H groups in total. The van der Waals surface area contributed by atoms with Gasteiger partial charge in [0.25, 0.3) is 0 Å². The Morgan fingerprint density at radius 1 is 1.40 bits per heavy atom. The number of halogens is 1. The number of hydrogen-bond acceptors (Lipinski definition) is 0. The Balaban J connectivity index is 2.61. The van der Waals surface area contributed by atoms with Crippen LogP contribution in [0.3, 0.4) is 0 Å². The van der Waals surface area contributed by atoms with Crippen LogP contribution in [0, 0.1) is 18.7 Å². The molecule has 15 heavy (non-hydrogen) atoms. The predicted molar refractivity (Wildman–Crippen MR) is 63.4 cm³/mol. The first-order valence-electron chi connectivity index (χ1n) is 5.40. The summed E-state index contributed by atoms with van der Waals surface area (Å²) in [6.45, 7) is 10.1. The fourth-order valence-electron chi connectivity index (χ4n) is 1.59. The molecule has 0 aliphatic heterocycles. The minimum absolute atomic E-state index is 0.132. The Bertz CT molecular complexity index is 332. The molecule has 1 heteroatoms. The number of aryl methyl sites for hydroxylation is 2. The molecule has 0 radical (unpaired) electrons. The monoisotopic (exact) mass is 206 g/mol. The summed E-state index contributed by atoms with van der Waals surface area (Å²) in [7, 11) is 0. The van der Waals surface area contributed by atoms with Crippen molar-refractivity contribution in [3.8, 4) is 0 Å². The van der Waals surface area contributed by atoms with Crippen LogP contribution in [0.4, 0.5) is 4.39 Å². The first-order chi connectivity index (χ1) is 6.99. The van der Waals surface area contributed by atoms with E-state index in [1.54, 1.807) is 12.1 Å². The van der Waals surface area contributed by atoms with Crippen molar-refractivity contribution in [3.63, 3.8) is 0 Å². The molecule has 82 valence electrons. The van der Waals surface area contributed by atoms with E-state index in [4.69, 9.17) is 0 Å². The molecular formula is C14H19F. The standard InChI is InChI=1S/C14H19F/c1-10(2)12(4)5-6-13-7-11(3)8-14(15)9-13/h7-9,12H,1,5-6H2,2-4H3. The van der Waals surface area contributed by atoms with Crippen molar-refractivity contribution in [1.29, 1.82) is 0 Å². The third kappa shape index (κ3) is 3.86. The van der Waals surface area contributed by atoms with Gasteiger partial charge in [0.15, 0.2) is 0 Å². The lowest BCUT2D eigenvalue weighted by Crippen LogP contribution is -1.98. The number of benzene rings is 1. The van der Waals surface area contributed by atoms with Crippen LogP contribution in [0.15, 0.2) is 30.4 Å². The second-order valence-corrected chi connectivity index (χ2v) is 4.42. The maximum absolute atomic E-state index is 13.1. The van der Waals surface area contributed by atoms with Gasteiger partial charge in [-0.2, -0.15) is 0 Å². The lowest BCUT2D eigenvalue weighted by Gasteiger charge is -2.11. The number of allylic oxidation sites excluding steroid dienone is 1. The highest BCUT2D eigenvalue weighted by Gasteiger charge is 2.04. The average molecular weight is 206 g/mol. The van der Waals surface area contributed by atoms with Crippen molar-refractivity contribution >= 4 is 0 Å². The van der Waals surface area contributed by atoms with Gasteiger partial charge in [0.05, 0.1) is 0 Å². The first kappa shape index (κ1) is 12.0. The van der Waals surface area contributed by atoms with Gasteiger partial charge in [-0.25, -0.2) is 4.39 Å². The van der Waals surface area contributed by atoms with E-state index in [9.17, 15) is 4.39 Å². The Labute approximate surface area is 91.8 Å². The molecule has 1 aromatic carbocycles. The lowest BCUT2D eigenvalue weighted by molar-refractivity contribution is 0.602. The Hall–Kier alpha value is -1.11. The van der Waals surface area contributed by atoms with Gasteiger partial charge in [0.1, 0.15) is 5.82 Å². The van der Waals surface area contributed by atoms with Gasteiger partial charge in [-0.3, -0.25) is 0 Å². The maximum Gasteiger partial charge on any atom is 0.123 e. The van der Waals surface area contributed by atoms with E-state index >= 15 is 0 Å². The summed E-state index contributed by atoms with van der Waals surface area (Å²) in [5, 5.41) is 0. The molecule has 0 bridgehead atoms. The van der Waals surface area contributed by atoms with Crippen LogP contribution in [0.2, 0.25) is 0 Å². The van der Waals surface area contributed by atoms with Crippen LogP contribution in [0.5, 0.6) is 0 Å². The third-order valence-electron chi connectivity index (χ3n) is 2.81. The predicted octanol–water partition coefficient (Wildman–Crippen LogP) is 4.28. The van der Waals surface area contributed by atoms with Gasteiger partial charge in [-0.1, -0.05) is 25.1 Å². The van der Waals surface area contributed by atoms with E-state index in [2.05, 4.69) is 13.5 Å². The van der Waals surface area contributed by atoms with Crippen LogP contribution in [0.1, 0.15) is 31.4 Å². The highest BCUT2D eigenvalue weighted by Crippen LogP contribution is 2.17. The molecule has 0 aromatic heterocycles. The van der Waals surface area contributed by atoms with Gasteiger partial charge >= 0.3 is 0 Å². The topological polar surface area (TPSA) is 0 Å². The SMILES string of the molecule is C=C(C)C(C)CCc1cc(C)cc(F)c1. The Morgan fingerprint density at radius 3 is 2.60 bits per heavy atom. The van der Waals surface area contributed by atoms with E-state index in [1.807, 2.05) is 19.9 Å². The van der Waals surface area contributed by atoms with Crippen molar-refractivity contribution in [2.45, 2.75) is 33.6 Å². The largest absolute Gasteiger partial charge is 0.207 e. The first-order valence-corrected chi connectivity index (χ1v) is 5.40. The molecule has 0 nitrogen and oxygen atoms in total. The van der Waals surface area contributed by atoms with Crippen LogP contribution in [-0.2, 0) is 6.42 Å². The molecule has 0 amide bonds. The van der Waals surface area contributed by atoms with Crippen LogP contribution in [-0.4, -0.2) is 0 Å². The second-order valence-electron chi connectivity index (χ2n) is 4.42. The summed E-state index contributed by atoms with van der Waals surface area (Å²) >= 11 is 0. The number of rotatable bonds is 4. The fraction of sp³-hybridized carbons (Fsp3) is 0.429. The Kier molecular flexibility index (Phi) is 4.07. The van der Waals surface area contributed by atoms with Gasteiger partial charge in [-0.15, -0.1) is 0 Å². The van der Waals surface area contributed by atoms with E-state index in [1.165, 1.54) is 5.57 Å². The second kappa shape index (κ2) is 5.11. The smallest absolute Gasteiger partial charge is 0.123 e. The van der Waals surface area contributed by atoms with Gasteiger partial charge in [0.2, 0.25) is 0 Å². The minimum atomic E-state index is -0.132. The van der Waals surface area contributed by atoms with Crippen molar-refractivity contribution < 1.29 is 4.39 Å². The molecule has 0 spiro atoms. The van der Waals surface area contributed by atoms with Gasteiger partial charge < -0.3 is 0 Å². The van der Waals surface area contributed by atoms with Crippen molar-refractivity contribution in [2.75, 3.05) is 0 Å². The summed E-state index contributed by atoms with van der Waals surface area (Å²) in [4.78, 5) is 0. The quantitative estimate of drug-likeness (QED) is 0.645. The molecule has 1 rings (SSSR count). The molecule has 0 aliphatic carbocycles. The van der Waals surface area contributed by atoms with E-state index in [0.717, 1.165) is 24.0 Å². The lowest BCUT2D eigenvalue weighted by atomic mass is 9.95. The zero-order valence-electron chi connectivity index (χ0n) is 9.81. The van der Waals surface area contributed by atoms with Gasteiger partial charge in [0, 0.05) is 0 Å². The zero-order valence-corrected chi connectivity index (χ0v) is 9.81. The molecule has 0 saturated carbocycles. The van der Waals surface area contributed by atoms with E-state index < -0.39 is 0 Å². The molecule has 0 aliphatic rings. The summed E-state index contributed by atoms with van der Waals surface area (Å²) in [5.74, 6) is 0.376. The Morgan fingerprint density at radius 2 is 2.07 bits per heavy atom. The molecule has 1 aromatic rings. The molecule has 0 fully saturated rings. The highest BCUT2D eigenvalue weighted by atomic mass is 19.1. The molecular weight excluding hydrogens is 187 g/mol. The number of hydrogen-bond donors (Lipinski definition) is 0. The van der Waals surface area contributed by atoms with Crippen molar-refractivity contribution in [2.24, 2.45) is 5.92 Å². The highest BCUT2D eigenvalue weighted by molar-refractivity contribution is 5.23. The van der Waals surface area contributed by atoms with E-state index in [0.29, 0.717) is 5.92 Å². The minimum Gasteiger partial charge on any atom is -0.207 e. The molecule has 1 atom stereocenters. The maximum atomic E-state index is 13.1. The summed E-state index contributed by atoms with van der Waals surface area (Å²) < 4.78 is 13.1. The molecule has 0 saturated heterocycles. The van der Waals surface area contributed by atoms with Gasteiger partial charge in [-0.05, 0) is 55.9 Å². The summed E-state index contributed by atoms with van der Waals surface area (Å²) in [6, 6.07) is 5.23. The molecule has 0 heterocycles. The normalized spacial score (nSPS) is 12.5. The average Bonchev–Trinajstić information content (AvgIpc) is 2.12. The van der Waals surface area contributed by atoms with Crippen molar-refractivity contribution in [3.05, 3.63) is 47.3 Å². The molecule has 1 unspecified atom stereocenters. The zero-order chi connectivity index (χ0) is 11.4. The summed E-state index contributed by atoms with van der Waals surface area (Å²) in [6.07, 6.45) is 1.96. The van der Waals surface area contributed by atoms with Crippen LogP contribution >= 0.6 is 0 Å². The third-order valence-corrected chi connectivity index (χ3v) is 2.81. The van der Waals surface area contributed by atoms with Crippen LogP contribution in [0.25, 0.3) is 0 Å². The van der Waals surface area contributed by atoms with Crippen molar-refractivity contribution in [1.82, 2.24) is 0 Å². The summed E-state index contributed by atoms with van der Waals surface area (Å²) in [5.41, 5.74) is 3.27. The van der Waals surface area contributed by atoms with E-state index in [-0.39, 0.29) is 5.82 Å². The fourth-order valence-corrected chi connectivity index (χ4v) is 1.59. The van der Waals surface area contributed by atoms with Crippen LogP contribution < -0.4 is 0 Å².